The third-order valence-electron chi connectivity index (χ3n) is 11.7. The average Bonchev–Trinajstić information content (AvgIpc) is 4.02. The van der Waals surface area contributed by atoms with E-state index in [0.717, 1.165) is 25.0 Å². The molecule has 25 nitrogen and oxygen atoms in total. The Morgan fingerprint density at radius 3 is 2.00 bits per heavy atom. The SMILES string of the molecule is C#CCOCCOCCOCCNc1nc(N2CCN(C(=O)[C@H]([C@@H](C)CC)n3cc(CCCN=C(N)N)nn3)CC2)nc(N2CCN(C(=O)[C@H](CCCCN)n3cc(CCC(=O)O)nn3)CC2)n1. The molecular formula is C43H70N18O7. The van der Waals surface area contributed by atoms with Gasteiger partial charge in [0, 0.05) is 84.3 Å². The smallest absolute Gasteiger partial charge is 0.303 e. The number of nitrogens with two attached hydrogens (primary N) is 3. The lowest BCUT2D eigenvalue weighted by Gasteiger charge is -2.38. The molecule has 3 aromatic heterocycles. The lowest BCUT2D eigenvalue weighted by molar-refractivity contribution is -0.137. The molecule has 0 spiro atoms. The number of amides is 2. The van der Waals surface area contributed by atoms with E-state index in [9.17, 15) is 14.4 Å². The van der Waals surface area contributed by atoms with Crippen molar-refractivity contribution in [3.63, 3.8) is 0 Å². The third-order valence-corrected chi connectivity index (χ3v) is 11.7. The number of aliphatic imine (C=N–C) groups is 1. The van der Waals surface area contributed by atoms with Crippen LogP contribution in [0.25, 0.3) is 0 Å². The molecule has 25 heteroatoms. The van der Waals surface area contributed by atoms with Crippen molar-refractivity contribution in [3.05, 3.63) is 23.8 Å². The molecule has 0 unspecified atom stereocenters. The molecular weight excluding hydrogens is 881 g/mol. The van der Waals surface area contributed by atoms with Crippen LogP contribution in [-0.2, 0) is 41.4 Å². The Balaban J connectivity index is 1.24. The number of hydrogen-bond donors (Lipinski definition) is 5. The summed E-state index contributed by atoms with van der Waals surface area (Å²) in [6, 6.07) is -1.12. The highest BCUT2D eigenvalue weighted by Crippen LogP contribution is 2.26. The number of nitrogens with zero attached hydrogens (tertiary/aromatic N) is 14. The maximum absolute atomic E-state index is 14.2. The van der Waals surface area contributed by atoms with Crippen molar-refractivity contribution < 1.29 is 33.7 Å². The monoisotopic (exact) mass is 951 g/mol. The summed E-state index contributed by atoms with van der Waals surface area (Å²) in [7, 11) is 0. The summed E-state index contributed by atoms with van der Waals surface area (Å²) >= 11 is 0. The zero-order valence-corrected chi connectivity index (χ0v) is 39.5. The van der Waals surface area contributed by atoms with E-state index in [-0.39, 0.29) is 43.1 Å². The Labute approximate surface area is 397 Å². The molecule has 0 aromatic carbocycles. The third kappa shape index (κ3) is 16.5. The molecule has 3 atom stereocenters. The van der Waals surface area contributed by atoms with Gasteiger partial charge in [0.05, 0.1) is 50.8 Å². The maximum atomic E-state index is 14.2. The molecule has 2 saturated heterocycles. The molecule has 2 amide bonds. The van der Waals surface area contributed by atoms with Crippen LogP contribution in [0.1, 0.15) is 75.8 Å². The molecule has 0 aliphatic carbocycles. The van der Waals surface area contributed by atoms with Crippen molar-refractivity contribution >= 4 is 41.6 Å². The lowest BCUT2D eigenvalue weighted by Crippen LogP contribution is -2.52. The summed E-state index contributed by atoms with van der Waals surface area (Å²) in [4.78, 5) is 65.9. The predicted molar refractivity (Wildman–Crippen MR) is 253 cm³/mol. The molecule has 5 rings (SSSR count). The highest BCUT2D eigenvalue weighted by Gasteiger charge is 2.35. The van der Waals surface area contributed by atoms with Crippen molar-refractivity contribution in [2.45, 2.75) is 77.3 Å². The fourth-order valence-corrected chi connectivity index (χ4v) is 7.71. The van der Waals surface area contributed by atoms with Gasteiger partial charge in [-0.15, -0.1) is 16.6 Å². The minimum atomic E-state index is -0.930. The highest BCUT2D eigenvalue weighted by molar-refractivity contribution is 5.81. The fourth-order valence-electron chi connectivity index (χ4n) is 7.71. The number of terminal acetylenes is 1. The number of guanidine groups is 1. The molecule has 68 heavy (non-hydrogen) atoms. The Morgan fingerprint density at radius 1 is 0.809 bits per heavy atom. The van der Waals surface area contributed by atoms with Crippen molar-refractivity contribution in [2.24, 2.45) is 28.1 Å². The first-order chi connectivity index (χ1) is 33.0. The standard InChI is InChI=1S/C43H70N18O7/c1-4-24-66-26-28-68-29-27-67-25-15-48-41-49-42(58-20-16-56(17-21-58)38(64)35(10-6-7-13-44)60-30-34(53-54-60)11-12-36(62)63)51-43(50-41)59-22-18-57(19-23-59)39(65)37(32(3)5-2)61-31-33(52-55-61)9-8-14-47-40(45)46/h1,30-32,35,37H,5-29,44H2,2-3H3,(H,62,63)(H4,45,46,47)(H,48,49,50,51)/t32-,35-,37-/m0/s1. The Bertz CT molecular complexity index is 2070. The summed E-state index contributed by atoms with van der Waals surface area (Å²) in [5.41, 5.74) is 18.0. The zero-order chi connectivity index (χ0) is 48.7. The number of unbranched alkanes of at least 4 members (excludes halogenated alkanes) is 1. The quantitative estimate of drug-likeness (QED) is 0.0239. The number of carboxylic acids is 1. The van der Waals surface area contributed by atoms with Crippen molar-refractivity contribution in [3.8, 4) is 12.3 Å². The topological polar surface area (TPSA) is 315 Å². The molecule has 0 radical (unpaired) electrons. The Kier molecular flexibility index (Phi) is 21.9. The molecule has 8 N–H and O–H groups in total. The first-order valence-electron chi connectivity index (χ1n) is 23.5. The summed E-state index contributed by atoms with van der Waals surface area (Å²) in [5.74, 6) is 2.73. The number of rotatable bonds is 30. The van der Waals surface area contributed by atoms with Gasteiger partial charge in [0.15, 0.2) is 5.96 Å². The van der Waals surface area contributed by atoms with E-state index in [4.69, 9.17) is 57.9 Å². The maximum Gasteiger partial charge on any atom is 0.303 e. The minimum Gasteiger partial charge on any atom is -0.481 e. The van der Waals surface area contributed by atoms with E-state index >= 15 is 0 Å². The molecule has 2 aliphatic heterocycles. The highest BCUT2D eigenvalue weighted by atomic mass is 16.5. The van der Waals surface area contributed by atoms with Crippen LogP contribution in [0.3, 0.4) is 0 Å². The van der Waals surface area contributed by atoms with E-state index in [1.807, 2.05) is 20.9 Å². The van der Waals surface area contributed by atoms with Gasteiger partial charge < -0.3 is 61.4 Å². The lowest BCUT2D eigenvalue weighted by atomic mass is 9.97. The number of nitrogens with one attached hydrogen (secondary N) is 1. The van der Waals surface area contributed by atoms with Crippen molar-refractivity contribution in [1.29, 1.82) is 0 Å². The van der Waals surface area contributed by atoms with Gasteiger partial charge in [0.1, 0.15) is 18.7 Å². The van der Waals surface area contributed by atoms with Gasteiger partial charge in [0.25, 0.3) is 0 Å². The van der Waals surface area contributed by atoms with E-state index in [1.165, 1.54) is 0 Å². The predicted octanol–water partition coefficient (Wildman–Crippen LogP) is -0.672. The van der Waals surface area contributed by atoms with Gasteiger partial charge in [-0.2, -0.15) is 15.0 Å². The van der Waals surface area contributed by atoms with Crippen LogP contribution >= 0.6 is 0 Å². The van der Waals surface area contributed by atoms with Gasteiger partial charge >= 0.3 is 5.97 Å². The first-order valence-corrected chi connectivity index (χ1v) is 23.5. The second-order valence-corrected chi connectivity index (χ2v) is 16.6. The number of carboxylic acid groups (broad SMARTS) is 1. The number of carbonyl (C=O) groups excluding carboxylic acids is 2. The summed E-state index contributed by atoms with van der Waals surface area (Å²) in [6.45, 7) is 11.4. The van der Waals surface area contributed by atoms with E-state index < -0.39 is 18.1 Å². The second-order valence-electron chi connectivity index (χ2n) is 16.6. The minimum absolute atomic E-state index is 0.00968. The zero-order valence-electron chi connectivity index (χ0n) is 39.5. The number of hydrogen-bond acceptors (Lipinski definition) is 18. The van der Waals surface area contributed by atoms with E-state index in [0.29, 0.717) is 148 Å². The largest absolute Gasteiger partial charge is 0.481 e. The van der Waals surface area contributed by atoms with Gasteiger partial charge in [-0.1, -0.05) is 36.6 Å². The fraction of sp³-hybridized carbons (Fsp3) is 0.698. The number of aromatic nitrogens is 9. The van der Waals surface area contributed by atoms with Gasteiger partial charge in [-0.25, -0.2) is 9.36 Å². The van der Waals surface area contributed by atoms with Gasteiger partial charge in [0.2, 0.25) is 29.7 Å². The first kappa shape index (κ1) is 52.7. The van der Waals surface area contributed by atoms with Crippen LogP contribution in [0.4, 0.5) is 17.8 Å². The molecule has 0 saturated carbocycles. The van der Waals surface area contributed by atoms with Crippen LogP contribution in [0, 0.1) is 18.3 Å². The molecule has 3 aromatic rings. The number of piperazine rings is 2. The summed E-state index contributed by atoms with van der Waals surface area (Å²) < 4.78 is 19.8. The summed E-state index contributed by atoms with van der Waals surface area (Å²) in [5, 5.41) is 29.5. The number of aryl methyl sites for hydroxylation is 2. The van der Waals surface area contributed by atoms with Crippen LogP contribution in [0.15, 0.2) is 17.4 Å². The van der Waals surface area contributed by atoms with Crippen LogP contribution < -0.4 is 32.3 Å². The van der Waals surface area contributed by atoms with Crippen LogP contribution in [-0.4, -0.2) is 195 Å². The Morgan fingerprint density at radius 2 is 1.40 bits per heavy atom. The van der Waals surface area contributed by atoms with Gasteiger partial charge in [-0.3, -0.25) is 19.4 Å². The van der Waals surface area contributed by atoms with E-state index in [1.54, 1.807) is 15.6 Å². The number of anilines is 3. The van der Waals surface area contributed by atoms with Crippen LogP contribution in [0.2, 0.25) is 0 Å². The molecule has 374 valence electrons. The molecule has 2 aliphatic rings. The van der Waals surface area contributed by atoms with Crippen LogP contribution in [0.5, 0.6) is 0 Å². The number of carbonyl (C=O) groups is 3. The van der Waals surface area contributed by atoms with Crippen molar-refractivity contribution in [2.75, 3.05) is 127 Å². The normalized spacial score (nSPS) is 15.4. The van der Waals surface area contributed by atoms with Crippen molar-refractivity contribution in [1.82, 2.24) is 54.7 Å². The Hall–Kier alpha value is -6.23. The molecule has 0 bridgehead atoms. The number of aliphatic carboxylic acids is 1. The van der Waals surface area contributed by atoms with E-state index in [2.05, 4.69) is 55.6 Å². The summed E-state index contributed by atoms with van der Waals surface area (Å²) in [6.07, 6.45) is 12.9. The number of ether oxygens (including phenoxy) is 3. The average molecular weight is 951 g/mol. The second kappa shape index (κ2) is 28.2. The molecule has 5 heterocycles. The van der Waals surface area contributed by atoms with Gasteiger partial charge in [-0.05, 0) is 44.6 Å². The molecule has 2 fully saturated rings.